The van der Waals surface area contributed by atoms with Crippen molar-refractivity contribution in [1.82, 2.24) is 0 Å². The molecule has 3 aliphatic rings. The first-order chi connectivity index (χ1) is 13.0. The lowest BCUT2D eigenvalue weighted by Gasteiger charge is -2.33. The van der Waals surface area contributed by atoms with E-state index in [9.17, 15) is 4.79 Å². The van der Waals surface area contributed by atoms with Crippen molar-refractivity contribution in [1.29, 1.82) is 0 Å². The normalized spacial score (nSPS) is 30.3. The van der Waals surface area contributed by atoms with E-state index in [0.29, 0.717) is 5.92 Å². The molecule has 0 spiro atoms. The van der Waals surface area contributed by atoms with Crippen molar-refractivity contribution >= 4 is 17.8 Å². The zero-order chi connectivity index (χ0) is 20.3. The average Bonchev–Trinajstić information content (AvgIpc) is 3.20. The molecule has 5 heteroatoms. The van der Waals surface area contributed by atoms with Crippen LogP contribution in [0, 0.1) is 22.2 Å². The summed E-state index contributed by atoms with van der Waals surface area (Å²) in [6.07, 6.45) is 4.34. The van der Waals surface area contributed by atoms with Gasteiger partial charge in [0.05, 0.1) is 11.1 Å². The highest BCUT2D eigenvalue weighted by Gasteiger charge is 2.63. The Morgan fingerprint density at radius 1 is 1.21 bits per heavy atom. The van der Waals surface area contributed by atoms with E-state index in [1.54, 1.807) is 0 Å². The van der Waals surface area contributed by atoms with Crippen LogP contribution in [-0.4, -0.2) is 18.5 Å². The van der Waals surface area contributed by atoms with Crippen LogP contribution in [0.1, 0.15) is 59.9 Å². The Labute approximate surface area is 166 Å². The highest BCUT2D eigenvalue weighted by Crippen LogP contribution is 2.66. The summed E-state index contributed by atoms with van der Waals surface area (Å²) in [5, 5.41) is 4.43. The number of fused-ring (bicyclic) bond motifs is 3. The van der Waals surface area contributed by atoms with Crippen LogP contribution >= 0.6 is 0 Å². The van der Waals surface area contributed by atoms with Gasteiger partial charge in [0.15, 0.2) is 11.5 Å². The highest BCUT2D eigenvalue weighted by molar-refractivity contribution is 6.11. The summed E-state index contributed by atoms with van der Waals surface area (Å²) < 4.78 is 10.9. The molecule has 2 aliphatic carbocycles. The van der Waals surface area contributed by atoms with Crippen molar-refractivity contribution in [2.45, 2.75) is 54.4 Å². The zero-order valence-corrected chi connectivity index (χ0v) is 17.6. The Morgan fingerprint density at radius 3 is 2.64 bits per heavy atom. The van der Waals surface area contributed by atoms with Gasteiger partial charge in [-0.2, -0.15) is 0 Å². The van der Waals surface area contributed by atoms with Crippen LogP contribution in [-0.2, 0) is 9.63 Å². The highest BCUT2D eigenvalue weighted by atomic mass is 16.7. The molecule has 2 saturated carbocycles. The molecule has 0 aromatic heterocycles. The molecule has 0 radical (unpaired) electrons. The van der Waals surface area contributed by atoms with E-state index in [2.05, 4.69) is 32.0 Å². The van der Waals surface area contributed by atoms with Gasteiger partial charge in [-0.1, -0.05) is 32.0 Å². The summed E-state index contributed by atoms with van der Waals surface area (Å²) in [7, 11) is 0. The third-order valence-corrected chi connectivity index (χ3v) is 6.95. The second kappa shape index (κ2) is 6.10. The lowest BCUT2D eigenvalue weighted by atomic mass is 9.70. The summed E-state index contributed by atoms with van der Waals surface area (Å²) in [6.45, 7) is 12.6. The number of carbonyl (C=O) groups is 1. The summed E-state index contributed by atoms with van der Waals surface area (Å²) in [6, 6.07) is 5.96. The molecule has 1 aliphatic heterocycles. The standard InChI is InChI=1S/C23H29NO4/c1-21(2,3)20(25)28-24-19-15(16-9-10-23(19,6)22(16,4)5)11-14-7-8-17-18(12-14)27-13-26-17/h7-8,11-12,16H,9-10,13H2,1-6H3/b15-11+,24-19+/t16-,23-/m0/s1. The molecule has 0 saturated heterocycles. The maximum Gasteiger partial charge on any atom is 0.340 e. The van der Waals surface area contributed by atoms with E-state index in [4.69, 9.17) is 14.3 Å². The van der Waals surface area contributed by atoms with E-state index in [1.165, 1.54) is 5.57 Å². The minimum absolute atomic E-state index is 0.0577. The fraction of sp³-hybridized carbons (Fsp3) is 0.565. The predicted molar refractivity (Wildman–Crippen MR) is 108 cm³/mol. The maximum atomic E-state index is 12.3. The van der Waals surface area contributed by atoms with Gasteiger partial charge in [0.1, 0.15) is 0 Å². The largest absolute Gasteiger partial charge is 0.454 e. The lowest BCUT2D eigenvalue weighted by Crippen LogP contribution is -2.33. The minimum Gasteiger partial charge on any atom is -0.454 e. The number of nitrogens with zero attached hydrogens (tertiary/aromatic N) is 1. The molecule has 28 heavy (non-hydrogen) atoms. The number of benzene rings is 1. The summed E-state index contributed by atoms with van der Waals surface area (Å²) in [4.78, 5) is 17.7. The Morgan fingerprint density at radius 2 is 1.93 bits per heavy atom. The molecule has 4 rings (SSSR count). The molecular formula is C23H29NO4. The molecule has 0 unspecified atom stereocenters. The fourth-order valence-corrected chi connectivity index (χ4v) is 4.68. The number of ether oxygens (including phenoxy) is 2. The lowest BCUT2D eigenvalue weighted by molar-refractivity contribution is -0.153. The number of hydrogen-bond donors (Lipinski definition) is 0. The second-order valence-corrected chi connectivity index (χ2v) is 9.93. The zero-order valence-electron chi connectivity index (χ0n) is 17.6. The van der Waals surface area contributed by atoms with Crippen molar-refractivity contribution < 1.29 is 19.1 Å². The molecule has 0 N–H and O–H groups in total. The molecule has 1 aromatic rings. The first-order valence-electron chi connectivity index (χ1n) is 9.95. The Bertz CT molecular complexity index is 890. The van der Waals surface area contributed by atoms with Gasteiger partial charge in [-0.05, 0) is 74.3 Å². The van der Waals surface area contributed by atoms with Gasteiger partial charge in [0.25, 0.3) is 0 Å². The average molecular weight is 383 g/mol. The maximum absolute atomic E-state index is 12.3. The van der Waals surface area contributed by atoms with Gasteiger partial charge in [0, 0.05) is 5.41 Å². The van der Waals surface area contributed by atoms with Crippen molar-refractivity contribution in [3.8, 4) is 11.5 Å². The Kier molecular flexibility index (Phi) is 4.15. The Hall–Kier alpha value is -2.30. The van der Waals surface area contributed by atoms with Gasteiger partial charge in [-0.15, -0.1) is 0 Å². The van der Waals surface area contributed by atoms with Crippen LogP contribution in [0.15, 0.2) is 28.9 Å². The van der Waals surface area contributed by atoms with Gasteiger partial charge >= 0.3 is 5.97 Å². The monoisotopic (exact) mass is 383 g/mol. The van der Waals surface area contributed by atoms with Gasteiger partial charge in [0.2, 0.25) is 6.79 Å². The fourth-order valence-electron chi connectivity index (χ4n) is 4.68. The van der Waals surface area contributed by atoms with E-state index in [-0.39, 0.29) is 23.6 Å². The van der Waals surface area contributed by atoms with E-state index in [1.807, 2.05) is 39.0 Å². The summed E-state index contributed by atoms with van der Waals surface area (Å²) in [5.41, 5.74) is 2.48. The van der Waals surface area contributed by atoms with Crippen molar-refractivity contribution in [3.05, 3.63) is 29.3 Å². The second-order valence-electron chi connectivity index (χ2n) is 9.93. The molecule has 150 valence electrons. The van der Waals surface area contributed by atoms with Gasteiger partial charge in [-0.3, -0.25) is 0 Å². The van der Waals surface area contributed by atoms with Crippen molar-refractivity contribution in [2.75, 3.05) is 6.79 Å². The number of allylic oxidation sites excluding steroid dienone is 1. The Balaban J connectivity index is 1.74. The molecule has 2 bridgehead atoms. The first-order valence-corrected chi connectivity index (χ1v) is 9.95. The molecule has 1 aromatic carbocycles. The first kappa shape index (κ1) is 19.0. The number of oxime groups is 1. The molecule has 5 nitrogen and oxygen atoms in total. The van der Waals surface area contributed by atoms with Crippen LogP contribution in [0.2, 0.25) is 0 Å². The molecule has 2 fully saturated rings. The molecule has 1 heterocycles. The van der Waals surface area contributed by atoms with E-state index >= 15 is 0 Å². The summed E-state index contributed by atoms with van der Waals surface area (Å²) in [5.74, 6) is 1.61. The number of rotatable bonds is 2. The van der Waals surface area contributed by atoms with Crippen LogP contribution in [0.3, 0.4) is 0 Å². The van der Waals surface area contributed by atoms with Crippen LogP contribution in [0.4, 0.5) is 0 Å². The van der Waals surface area contributed by atoms with Gasteiger partial charge in [-0.25, -0.2) is 4.79 Å². The van der Waals surface area contributed by atoms with Crippen LogP contribution in [0.25, 0.3) is 6.08 Å². The third kappa shape index (κ3) is 2.75. The molecular weight excluding hydrogens is 354 g/mol. The number of carbonyl (C=O) groups excluding carboxylic acids is 1. The number of hydrogen-bond acceptors (Lipinski definition) is 5. The smallest absolute Gasteiger partial charge is 0.340 e. The quantitative estimate of drug-likeness (QED) is 0.520. The van der Waals surface area contributed by atoms with E-state index < -0.39 is 5.41 Å². The molecule has 2 atom stereocenters. The van der Waals surface area contributed by atoms with Crippen LogP contribution < -0.4 is 9.47 Å². The molecule has 0 amide bonds. The predicted octanol–water partition coefficient (Wildman–Crippen LogP) is 5.20. The SMILES string of the molecule is CC(C)(C)C(=O)O/N=C1\C(=C\c2ccc3c(c2)OCO3)[C@@H]2CC[C@]1(C)C2(C)C. The van der Waals surface area contributed by atoms with E-state index in [0.717, 1.165) is 35.6 Å². The third-order valence-electron chi connectivity index (χ3n) is 6.95. The summed E-state index contributed by atoms with van der Waals surface area (Å²) >= 11 is 0. The van der Waals surface area contributed by atoms with Crippen molar-refractivity contribution in [3.63, 3.8) is 0 Å². The van der Waals surface area contributed by atoms with Gasteiger partial charge < -0.3 is 14.3 Å². The van der Waals surface area contributed by atoms with Crippen LogP contribution in [0.5, 0.6) is 11.5 Å². The topological polar surface area (TPSA) is 57.1 Å². The van der Waals surface area contributed by atoms with Crippen molar-refractivity contribution in [2.24, 2.45) is 27.3 Å². The minimum atomic E-state index is -0.584.